The molecule has 0 unspecified atom stereocenters. The van der Waals surface area contributed by atoms with Gasteiger partial charge >= 0.3 is 12.1 Å². The van der Waals surface area contributed by atoms with Crippen LogP contribution in [0.15, 0.2) is 0 Å². The number of carbonyl (C=O) groups is 1. The Morgan fingerprint density at radius 2 is 1.67 bits per heavy atom. The van der Waals surface area contributed by atoms with Gasteiger partial charge in [0.15, 0.2) is 8.32 Å². The van der Waals surface area contributed by atoms with Crippen LogP contribution in [0.5, 0.6) is 0 Å². The fraction of sp³-hybridized carbons (Fsp3) is 0.909. The van der Waals surface area contributed by atoms with Gasteiger partial charge in [-0.05, 0) is 18.1 Å². The molecule has 0 heterocycles. The van der Waals surface area contributed by atoms with Gasteiger partial charge in [0.25, 0.3) is 0 Å². The summed E-state index contributed by atoms with van der Waals surface area (Å²) in [5.74, 6) is -1.83. The maximum absolute atomic E-state index is 12.1. The predicted molar refractivity (Wildman–Crippen MR) is 66.8 cm³/mol. The highest BCUT2D eigenvalue weighted by molar-refractivity contribution is 6.74. The monoisotopic (exact) mass is 285 g/mol. The minimum atomic E-state index is -4.81. The summed E-state index contributed by atoms with van der Waals surface area (Å²) in [6, 6.07) is 0. The maximum Gasteiger partial charge on any atom is 0.471 e. The van der Waals surface area contributed by atoms with Crippen LogP contribution in [0, 0.1) is 0 Å². The van der Waals surface area contributed by atoms with Crippen LogP contribution >= 0.6 is 0 Å². The van der Waals surface area contributed by atoms with Crippen molar-refractivity contribution in [2.24, 2.45) is 0 Å². The van der Waals surface area contributed by atoms with Crippen molar-refractivity contribution in [3.05, 3.63) is 0 Å². The van der Waals surface area contributed by atoms with Crippen LogP contribution in [0.25, 0.3) is 0 Å². The Balaban J connectivity index is 4.26. The molecule has 0 aliphatic rings. The first kappa shape index (κ1) is 17.4. The quantitative estimate of drug-likeness (QED) is 0.743. The number of carbonyl (C=O) groups excluding carboxylic acids is 1. The standard InChI is InChI=1S/C11H22F3NO2Si/c1-10(2,3)18(5,6)17-8-7-15(4)9(16)11(12,13)14/h7-8H2,1-6H3. The molecule has 18 heavy (non-hydrogen) atoms. The van der Waals surface area contributed by atoms with Crippen LogP contribution < -0.4 is 0 Å². The Kier molecular flexibility index (Phi) is 5.43. The molecule has 0 radical (unpaired) electrons. The molecule has 0 N–H and O–H groups in total. The SMILES string of the molecule is CN(CCO[Si](C)(C)C(C)(C)C)C(=O)C(F)(F)F. The normalized spacial score (nSPS) is 13.6. The van der Waals surface area contributed by atoms with Crippen molar-refractivity contribution in [3.63, 3.8) is 0 Å². The molecule has 0 rings (SSSR count). The maximum atomic E-state index is 12.1. The lowest BCUT2D eigenvalue weighted by atomic mass is 10.2. The number of halogens is 3. The summed E-state index contributed by atoms with van der Waals surface area (Å²) >= 11 is 0. The Labute approximate surface area is 107 Å². The molecule has 0 spiro atoms. The van der Waals surface area contributed by atoms with Gasteiger partial charge in [0.05, 0.1) is 6.61 Å². The van der Waals surface area contributed by atoms with Gasteiger partial charge in [-0.3, -0.25) is 4.79 Å². The third-order valence-corrected chi connectivity index (χ3v) is 7.82. The van der Waals surface area contributed by atoms with Crippen molar-refractivity contribution < 1.29 is 22.4 Å². The molecule has 0 saturated heterocycles. The first-order chi connectivity index (χ1) is 7.79. The molecule has 1 amide bonds. The van der Waals surface area contributed by atoms with Crippen LogP contribution in [0.3, 0.4) is 0 Å². The topological polar surface area (TPSA) is 29.5 Å². The zero-order valence-electron chi connectivity index (χ0n) is 11.8. The first-order valence-corrected chi connectivity index (χ1v) is 8.66. The fourth-order valence-electron chi connectivity index (χ4n) is 0.972. The van der Waals surface area contributed by atoms with E-state index in [9.17, 15) is 18.0 Å². The van der Waals surface area contributed by atoms with E-state index in [-0.39, 0.29) is 18.2 Å². The number of hydrogen-bond donors (Lipinski definition) is 0. The Bertz CT molecular complexity index is 298. The summed E-state index contributed by atoms with van der Waals surface area (Å²) in [6.07, 6.45) is -4.81. The van der Waals surface area contributed by atoms with Crippen LogP contribution in [-0.4, -0.2) is 45.5 Å². The Morgan fingerprint density at radius 3 is 2.00 bits per heavy atom. The second-order valence-corrected chi connectivity index (χ2v) is 10.6. The minimum absolute atomic E-state index is 0.000389. The lowest BCUT2D eigenvalue weighted by Gasteiger charge is -2.36. The van der Waals surface area contributed by atoms with Crippen molar-refractivity contribution in [2.75, 3.05) is 20.2 Å². The molecular formula is C11H22F3NO2Si. The molecule has 0 bridgehead atoms. The van der Waals surface area contributed by atoms with E-state index in [1.165, 1.54) is 0 Å². The van der Waals surface area contributed by atoms with Gasteiger partial charge in [0.2, 0.25) is 0 Å². The fourth-order valence-corrected chi connectivity index (χ4v) is 2.01. The molecule has 0 aromatic heterocycles. The molecule has 0 aliphatic heterocycles. The molecule has 0 aromatic rings. The average Bonchev–Trinajstić information content (AvgIpc) is 2.12. The minimum Gasteiger partial charge on any atom is -0.415 e. The second-order valence-electron chi connectivity index (χ2n) is 5.83. The lowest BCUT2D eigenvalue weighted by molar-refractivity contribution is -0.184. The van der Waals surface area contributed by atoms with Crippen molar-refractivity contribution in [1.82, 2.24) is 4.90 Å². The summed E-state index contributed by atoms with van der Waals surface area (Å²) in [6.45, 7) is 10.2. The van der Waals surface area contributed by atoms with E-state index in [1.54, 1.807) is 0 Å². The van der Waals surface area contributed by atoms with Crippen LogP contribution in [0.4, 0.5) is 13.2 Å². The summed E-state index contributed by atoms with van der Waals surface area (Å²) in [4.78, 5) is 11.5. The van der Waals surface area contributed by atoms with Crippen LogP contribution in [0.2, 0.25) is 18.1 Å². The van der Waals surface area contributed by atoms with E-state index < -0.39 is 20.4 Å². The molecule has 3 nitrogen and oxygen atoms in total. The van der Waals surface area contributed by atoms with E-state index in [4.69, 9.17) is 4.43 Å². The largest absolute Gasteiger partial charge is 0.471 e. The van der Waals surface area contributed by atoms with Gasteiger partial charge < -0.3 is 9.33 Å². The molecule has 108 valence electrons. The molecule has 7 heteroatoms. The second kappa shape index (κ2) is 5.60. The summed E-state index contributed by atoms with van der Waals surface area (Å²) in [5.41, 5.74) is 0. The van der Waals surface area contributed by atoms with Gasteiger partial charge in [-0.2, -0.15) is 13.2 Å². The number of amides is 1. The van der Waals surface area contributed by atoms with Gasteiger partial charge in [-0.25, -0.2) is 0 Å². The highest BCUT2D eigenvalue weighted by Gasteiger charge is 2.41. The van der Waals surface area contributed by atoms with Crippen molar-refractivity contribution >= 4 is 14.2 Å². The smallest absolute Gasteiger partial charge is 0.415 e. The summed E-state index contributed by atoms with van der Waals surface area (Å²) in [5, 5.41) is -0.000389. The molecule has 0 aliphatic carbocycles. The van der Waals surface area contributed by atoms with Gasteiger partial charge in [-0.15, -0.1) is 0 Å². The van der Waals surface area contributed by atoms with Crippen molar-refractivity contribution in [1.29, 1.82) is 0 Å². The zero-order valence-corrected chi connectivity index (χ0v) is 12.8. The molecule has 0 fully saturated rings. The van der Waals surface area contributed by atoms with E-state index in [2.05, 4.69) is 0 Å². The molecule has 0 aromatic carbocycles. The van der Waals surface area contributed by atoms with Crippen molar-refractivity contribution in [2.45, 2.75) is 45.1 Å². The highest BCUT2D eigenvalue weighted by atomic mass is 28.4. The van der Waals surface area contributed by atoms with E-state index in [0.717, 1.165) is 7.05 Å². The Morgan fingerprint density at radius 1 is 1.22 bits per heavy atom. The van der Waals surface area contributed by atoms with E-state index in [1.807, 2.05) is 33.9 Å². The molecule has 0 saturated carbocycles. The highest BCUT2D eigenvalue weighted by Crippen LogP contribution is 2.36. The van der Waals surface area contributed by atoms with Crippen LogP contribution in [-0.2, 0) is 9.22 Å². The van der Waals surface area contributed by atoms with E-state index in [0.29, 0.717) is 4.90 Å². The first-order valence-electron chi connectivity index (χ1n) is 5.75. The zero-order chi connectivity index (χ0) is 14.8. The van der Waals surface area contributed by atoms with Gasteiger partial charge in [0.1, 0.15) is 0 Å². The number of nitrogens with zero attached hydrogens (tertiary/aromatic N) is 1. The van der Waals surface area contributed by atoms with Crippen molar-refractivity contribution in [3.8, 4) is 0 Å². The Hall–Kier alpha value is -0.563. The average molecular weight is 285 g/mol. The number of alkyl halides is 3. The summed E-state index contributed by atoms with van der Waals surface area (Å²) in [7, 11) is -0.842. The number of hydrogen-bond acceptors (Lipinski definition) is 2. The molecular weight excluding hydrogens is 263 g/mol. The third kappa shape index (κ3) is 4.97. The van der Waals surface area contributed by atoms with Crippen LogP contribution in [0.1, 0.15) is 20.8 Å². The summed E-state index contributed by atoms with van der Waals surface area (Å²) < 4.78 is 42.1. The van der Waals surface area contributed by atoms with Gasteiger partial charge in [-0.1, -0.05) is 20.8 Å². The number of rotatable bonds is 4. The third-order valence-electron chi connectivity index (χ3n) is 3.28. The lowest BCUT2D eigenvalue weighted by Crippen LogP contribution is -2.44. The molecule has 0 atom stereocenters. The van der Waals surface area contributed by atoms with E-state index >= 15 is 0 Å². The van der Waals surface area contributed by atoms with Gasteiger partial charge in [0, 0.05) is 13.6 Å². The predicted octanol–water partition coefficient (Wildman–Crippen LogP) is 3.03. The number of likely N-dealkylation sites (N-methyl/N-ethyl adjacent to an activating group) is 1.